The van der Waals surface area contributed by atoms with Crippen molar-refractivity contribution in [1.29, 1.82) is 0 Å². The third-order valence-corrected chi connectivity index (χ3v) is 3.08. The van der Waals surface area contributed by atoms with Crippen LogP contribution in [0.25, 0.3) is 10.8 Å². The number of rotatable bonds is 5. The number of fused-ring (bicyclic) bond motifs is 1. The third-order valence-electron chi connectivity index (χ3n) is 3.08. The molecule has 2 aromatic rings. The van der Waals surface area contributed by atoms with Crippen LogP contribution < -0.4 is 15.8 Å². The molecule has 0 atom stereocenters. The molecule has 100 valence electrons. The first-order valence-electron chi connectivity index (χ1n) is 6.27. The van der Waals surface area contributed by atoms with Crippen LogP contribution in [0.3, 0.4) is 0 Å². The van der Waals surface area contributed by atoms with E-state index in [0.717, 1.165) is 17.6 Å². The summed E-state index contributed by atoms with van der Waals surface area (Å²) in [6.07, 6.45) is 0.774. The number of carbonyl (C=O) groups is 1. The Hall–Kier alpha value is -2.07. The molecule has 0 aliphatic carbocycles. The molecule has 0 aromatic heterocycles. The van der Waals surface area contributed by atoms with Crippen LogP contribution in [0.4, 0.5) is 0 Å². The van der Waals surface area contributed by atoms with Gasteiger partial charge in [0.25, 0.3) is 0 Å². The summed E-state index contributed by atoms with van der Waals surface area (Å²) < 4.78 is 5.25. The highest BCUT2D eigenvalue weighted by molar-refractivity contribution is 5.87. The lowest BCUT2D eigenvalue weighted by Gasteiger charge is -2.09. The number of nitrogens with one attached hydrogen (secondary N) is 1. The summed E-state index contributed by atoms with van der Waals surface area (Å²) in [5.41, 5.74) is 6.44. The van der Waals surface area contributed by atoms with Gasteiger partial charge in [0.15, 0.2) is 0 Å². The van der Waals surface area contributed by atoms with E-state index in [1.165, 1.54) is 10.9 Å². The fourth-order valence-electron chi connectivity index (χ4n) is 2.07. The number of carbonyl (C=O) groups excluding carboxylic acids is 1. The van der Waals surface area contributed by atoms with Crippen molar-refractivity contribution in [2.24, 2.45) is 5.73 Å². The summed E-state index contributed by atoms with van der Waals surface area (Å²) in [6, 6.07) is 12.2. The quantitative estimate of drug-likeness (QED) is 0.853. The number of ether oxygens (including phenoxy) is 1. The third kappa shape index (κ3) is 3.23. The topological polar surface area (TPSA) is 64.3 Å². The van der Waals surface area contributed by atoms with Crippen molar-refractivity contribution >= 4 is 16.7 Å². The molecule has 0 aliphatic heterocycles. The molecule has 0 unspecified atom stereocenters. The van der Waals surface area contributed by atoms with Gasteiger partial charge in [0, 0.05) is 6.54 Å². The molecule has 0 saturated heterocycles. The minimum atomic E-state index is -0.127. The Morgan fingerprint density at radius 2 is 2.16 bits per heavy atom. The maximum Gasteiger partial charge on any atom is 0.233 e. The first-order valence-corrected chi connectivity index (χ1v) is 6.27. The van der Waals surface area contributed by atoms with Gasteiger partial charge in [-0.25, -0.2) is 0 Å². The first-order chi connectivity index (χ1) is 9.24. The minimum Gasteiger partial charge on any atom is -0.497 e. The number of nitrogens with two attached hydrogens (primary N) is 1. The summed E-state index contributed by atoms with van der Waals surface area (Å²) >= 11 is 0. The highest BCUT2D eigenvalue weighted by Crippen LogP contribution is 2.24. The van der Waals surface area contributed by atoms with Crippen molar-refractivity contribution < 1.29 is 9.53 Å². The van der Waals surface area contributed by atoms with Crippen LogP contribution in [-0.2, 0) is 11.2 Å². The molecule has 2 rings (SSSR count). The number of amides is 1. The van der Waals surface area contributed by atoms with E-state index in [0.29, 0.717) is 6.54 Å². The molecule has 0 heterocycles. The molecule has 4 nitrogen and oxygen atoms in total. The zero-order chi connectivity index (χ0) is 13.7. The second-order valence-corrected chi connectivity index (χ2v) is 4.31. The lowest BCUT2D eigenvalue weighted by Crippen LogP contribution is -2.31. The largest absolute Gasteiger partial charge is 0.497 e. The molecule has 2 aromatic carbocycles. The van der Waals surface area contributed by atoms with E-state index >= 15 is 0 Å². The molecular weight excluding hydrogens is 240 g/mol. The fourth-order valence-corrected chi connectivity index (χ4v) is 2.07. The van der Waals surface area contributed by atoms with Crippen LogP contribution >= 0.6 is 0 Å². The average molecular weight is 258 g/mol. The second-order valence-electron chi connectivity index (χ2n) is 4.31. The normalized spacial score (nSPS) is 10.4. The molecule has 0 radical (unpaired) electrons. The predicted octanol–water partition coefficient (Wildman–Crippen LogP) is 1.47. The summed E-state index contributed by atoms with van der Waals surface area (Å²) in [5, 5.41) is 5.11. The van der Waals surface area contributed by atoms with Gasteiger partial charge in [-0.3, -0.25) is 4.79 Å². The van der Waals surface area contributed by atoms with Gasteiger partial charge in [0.2, 0.25) is 5.91 Å². The van der Waals surface area contributed by atoms with Crippen molar-refractivity contribution in [1.82, 2.24) is 5.32 Å². The molecule has 0 saturated carbocycles. The highest BCUT2D eigenvalue weighted by atomic mass is 16.5. The lowest BCUT2D eigenvalue weighted by molar-refractivity contribution is -0.119. The molecule has 0 fully saturated rings. The standard InChI is InChI=1S/C15H18N2O2/c1-19-13-6-5-11-3-2-4-12(14(11)9-13)7-8-17-15(18)10-16/h2-6,9H,7-8,10,16H2,1H3,(H,17,18). The van der Waals surface area contributed by atoms with Gasteiger partial charge < -0.3 is 15.8 Å². The molecule has 0 spiro atoms. The Labute approximate surface area is 112 Å². The maximum atomic E-state index is 11.1. The van der Waals surface area contributed by atoms with Crippen LogP contribution in [0.5, 0.6) is 5.75 Å². The molecule has 4 heteroatoms. The summed E-state index contributed by atoms with van der Waals surface area (Å²) in [4.78, 5) is 11.1. The van der Waals surface area contributed by atoms with Crippen molar-refractivity contribution in [3.05, 3.63) is 42.0 Å². The van der Waals surface area contributed by atoms with Crippen LogP contribution in [0.1, 0.15) is 5.56 Å². The summed E-state index contributed by atoms with van der Waals surface area (Å²) in [6.45, 7) is 0.621. The Morgan fingerprint density at radius 1 is 1.32 bits per heavy atom. The van der Waals surface area contributed by atoms with E-state index in [-0.39, 0.29) is 12.5 Å². The van der Waals surface area contributed by atoms with Gasteiger partial charge in [-0.2, -0.15) is 0 Å². The molecule has 3 N–H and O–H groups in total. The van der Waals surface area contributed by atoms with E-state index in [1.807, 2.05) is 24.3 Å². The van der Waals surface area contributed by atoms with E-state index in [4.69, 9.17) is 10.5 Å². The van der Waals surface area contributed by atoms with E-state index in [9.17, 15) is 4.79 Å². The Kier molecular flexibility index (Phi) is 4.36. The smallest absolute Gasteiger partial charge is 0.233 e. The zero-order valence-corrected chi connectivity index (χ0v) is 11.0. The van der Waals surface area contributed by atoms with Gasteiger partial charge in [0.1, 0.15) is 5.75 Å². The minimum absolute atomic E-state index is 0.0311. The van der Waals surface area contributed by atoms with Gasteiger partial charge in [0.05, 0.1) is 13.7 Å². The zero-order valence-electron chi connectivity index (χ0n) is 11.0. The Morgan fingerprint density at radius 3 is 2.89 bits per heavy atom. The number of hydrogen-bond donors (Lipinski definition) is 2. The van der Waals surface area contributed by atoms with E-state index in [1.54, 1.807) is 7.11 Å². The Bertz CT molecular complexity index is 581. The number of benzene rings is 2. The first kappa shape index (κ1) is 13.4. The van der Waals surface area contributed by atoms with Gasteiger partial charge in [-0.05, 0) is 34.9 Å². The molecule has 1 amide bonds. The second kappa shape index (κ2) is 6.20. The molecule has 0 aliphatic rings. The van der Waals surface area contributed by atoms with Crippen LogP contribution in [0.15, 0.2) is 36.4 Å². The predicted molar refractivity (Wildman–Crippen MR) is 76.3 cm³/mol. The number of hydrogen-bond acceptors (Lipinski definition) is 3. The van der Waals surface area contributed by atoms with Crippen molar-refractivity contribution in [2.75, 3.05) is 20.2 Å². The van der Waals surface area contributed by atoms with Gasteiger partial charge in [-0.1, -0.05) is 24.3 Å². The van der Waals surface area contributed by atoms with E-state index < -0.39 is 0 Å². The fraction of sp³-hybridized carbons (Fsp3) is 0.267. The summed E-state index contributed by atoms with van der Waals surface area (Å²) in [5.74, 6) is 0.712. The SMILES string of the molecule is COc1ccc2cccc(CCNC(=O)CN)c2c1. The Balaban J connectivity index is 2.19. The van der Waals surface area contributed by atoms with Crippen molar-refractivity contribution in [2.45, 2.75) is 6.42 Å². The van der Waals surface area contributed by atoms with E-state index in [2.05, 4.69) is 17.4 Å². The van der Waals surface area contributed by atoms with Gasteiger partial charge >= 0.3 is 0 Å². The van der Waals surface area contributed by atoms with Gasteiger partial charge in [-0.15, -0.1) is 0 Å². The molecule has 0 bridgehead atoms. The average Bonchev–Trinajstić information content (AvgIpc) is 2.46. The lowest BCUT2D eigenvalue weighted by atomic mass is 10.0. The maximum absolute atomic E-state index is 11.1. The molecular formula is C15H18N2O2. The monoisotopic (exact) mass is 258 g/mol. The molecule has 19 heavy (non-hydrogen) atoms. The van der Waals surface area contributed by atoms with Crippen molar-refractivity contribution in [3.63, 3.8) is 0 Å². The highest BCUT2D eigenvalue weighted by Gasteiger charge is 2.03. The van der Waals surface area contributed by atoms with Crippen molar-refractivity contribution in [3.8, 4) is 5.75 Å². The van der Waals surface area contributed by atoms with Crippen LogP contribution in [-0.4, -0.2) is 26.1 Å². The summed E-state index contributed by atoms with van der Waals surface area (Å²) in [7, 11) is 1.66. The van der Waals surface area contributed by atoms with Crippen LogP contribution in [0, 0.1) is 0 Å². The number of methoxy groups -OCH3 is 1. The van der Waals surface area contributed by atoms with Crippen LogP contribution in [0.2, 0.25) is 0 Å².